The van der Waals surface area contributed by atoms with Crippen LogP contribution in [0.2, 0.25) is 0 Å². The van der Waals surface area contributed by atoms with Crippen molar-refractivity contribution in [2.75, 3.05) is 26.4 Å². The van der Waals surface area contributed by atoms with Crippen molar-refractivity contribution in [1.82, 2.24) is 20.1 Å². The number of nitrogens with two attached hydrogens (primary N) is 1. The highest BCUT2D eigenvalue weighted by Crippen LogP contribution is 2.30. The number of thiazole rings is 1. The van der Waals surface area contributed by atoms with Crippen molar-refractivity contribution >= 4 is 34.2 Å². The lowest BCUT2D eigenvalue weighted by Crippen LogP contribution is -2.55. The summed E-state index contributed by atoms with van der Waals surface area (Å²) in [6, 6.07) is 8.42. The number of anilines is 1. The number of carbonyl (C=O) groups is 3. The van der Waals surface area contributed by atoms with Gasteiger partial charge in [-0.2, -0.15) is 0 Å². The molecule has 1 aliphatic carbocycles. The SMILES string of the molecule is CC(C)C[C@H](O)[C@H](O)[C@@H](NC(=O)[C@@H](CC(=O)N(CC(=O)N(C)C)[C@@H](C)c1ccccc1)Cc1csc(N)n1)C1CCCCC1. The van der Waals surface area contributed by atoms with E-state index in [0.29, 0.717) is 17.2 Å². The molecule has 1 saturated carbocycles. The molecule has 0 aliphatic heterocycles. The average Bonchev–Trinajstić information content (AvgIpc) is 3.41. The molecule has 1 aromatic heterocycles. The van der Waals surface area contributed by atoms with Crippen LogP contribution >= 0.6 is 11.3 Å². The predicted molar refractivity (Wildman–Crippen MR) is 174 cm³/mol. The number of aliphatic hydroxyl groups excluding tert-OH is 2. The van der Waals surface area contributed by atoms with Gasteiger partial charge in [0.1, 0.15) is 12.6 Å². The largest absolute Gasteiger partial charge is 0.390 e. The topological polar surface area (TPSA) is 149 Å². The Kier molecular flexibility index (Phi) is 13.6. The fourth-order valence-corrected chi connectivity index (χ4v) is 6.59. The number of likely N-dealkylation sites (N-methyl/N-ethyl adjacent to an activating group) is 1. The minimum Gasteiger partial charge on any atom is -0.390 e. The molecule has 1 aromatic carbocycles. The first-order valence-electron chi connectivity index (χ1n) is 15.8. The molecular formula is C33H51N5O5S. The van der Waals surface area contributed by atoms with Crippen molar-refractivity contribution in [3.05, 3.63) is 47.0 Å². The van der Waals surface area contributed by atoms with E-state index in [1.54, 1.807) is 19.5 Å². The van der Waals surface area contributed by atoms with Crippen LogP contribution in [-0.4, -0.2) is 81.6 Å². The molecule has 3 amide bonds. The molecule has 244 valence electrons. The molecule has 0 radical (unpaired) electrons. The molecule has 5 atom stereocenters. The minimum absolute atomic E-state index is 0.0168. The minimum atomic E-state index is -1.14. The fourth-order valence-electron chi connectivity index (χ4n) is 6.01. The number of nitrogens with zero attached hydrogens (tertiary/aromatic N) is 3. The van der Waals surface area contributed by atoms with Crippen LogP contribution in [0, 0.1) is 17.8 Å². The van der Waals surface area contributed by atoms with Crippen LogP contribution in [-0.2, 0) is 20.8 Å². The van der Waals surface area contributed by atoms with Crippen LogP contribution in [0.4, 0.5) is 5.13 Å². The van der Waals surface area contributed by atoms with Gasteiger partial charge in [0.25, 0.3) is 0 Å². The van der Waals surface area contributed by atoms with E-state index in [4.69, 9.17) is 5.73 Å². The molecule has 0 spiro atoms. The second kappa shape index (κ2) is 16.9. The summed E-state index contributed by atoms with van der Waals surface area (Å²) in [7, 11) is 3.29. The quantitative estimate of drug-likeness (QED) is 0.234. The van der Waals surface area contributed by atoms with Gasteiger partial charge in [0.2, 0.25) is 17.7 Å². The van der Waals surface area contributed by atoms with Gasteiger partial charge in [-0.05, 0) is 43.6 Å². The Bertz CT molecular complexity index is 1200. The number of rotatable bonds is 15. The molecule has 0 saturated heterocycles. The van der Waals surface area contributed by atoms with Crippen molar-refractivity contribution < 1.29 is 24.6 Å². The molecule has 5 N–H and O–H groups in total. The molecule has 0 bridgehead atoms. The molecule has 11 heteroatoms. The summed E-state index contributed by atoms with van der Waals surface area (Å²) in [6.07, 6.45) is 3.08. The van der Waals surface area contributed by atoms with Gasteiger partial charge < -0.3 is 31.1 Å². The maximum absolute atomic E-state index is 14.1. The van der Waals surface area contributed by atoms with Gasteiger partial charge in [-0.3, -0.25) is 14.4 Å². The Labute approximate surface area is 266 Å². The lowest BCUT2D eigenvalue weighted by molar-refractivity contribution is -0.143. The standard InChI is InChI=1S/C33H51N5O5S/c1-21(2)16-27(39)31(42)30(24-14-10-7-11-15-24)36-32(43)25(17-26-20-44-33(34)35-26)18-28(40)38(19-29(41)37(4)5)22(3)23-12-8-6-9-13-23/h6,8-9,12-13,20-22,24-25,27,30-31,39,42H,7,10-11,14-19H2,1-5H3,(H2,34,35)(H,36,43)/t22-,25+,27-,30-,31-/m0/s1. The molecule has 3 rings (SSSR count). The number of benzene rings is 1. The van der Waals surface area contributed by atoms with Gasteiger partial charge >= 0.3 is 0 Å². The third-order valence-electron chi connectivity index (χ3n) is 8.63. The smallest absolute Gasteiger partial charge is 0.241 e. The van der Waals surface area contributed by atoms with Crippen LogP contribution < -0.4 is 11.1 Å². The van der Waals surface area contributed by atoms with Crippen molar-refractivity contribution in [3.8, 4) is 0 Å². The zero-order valence-corrected chi connectivity index (χ0v) is 27.6. The summed E-state index contributed by atoms with van der Waals surface area (Å²) in [5, 5.41) is 27.4. The molecule has 44 heavy (non-hydrogen) atoms. The van der Waals surface area contributed by atoms with E-state index in [1.165, 1.54) is 21.1 Å². The predicted octanol–water partition coefficient (Wildman–Crippen LogP) is 3.79. The van der Waals surface area contributed by atoms with Gasteiger partial charge in [-0.25, -0.2) is 4.98 Å². The average molecular weight is 630 g/mol. The molecule has 1 aliphatic rings. The van der Waals surface area contributed by atoms with Crippen LogP contribution in [0.25, 0.3) is 0 Å². The Balaban J connectivity index is 1.90. The Morgan fingerprint density at radius 1 is 1.05 bits per heavy atom. The molecular weight excluding hydrogens is 578 g/mol. The number of amides is 3. The maximum Gasteiger partial charge on any atom is 0.241 e. The summed E-state index contributed by atoms with van der Waals surface area (Å²) in [5.41, 5.74) is 7.36. The third-order valence-corrected chi connectivity index (χ3v) is 9.36. The summed E-state index contributed by atoms with van der Waals surface area (Å²) >= 11 is 1.26. The second-order valence-corrected chi connectivity index (χ2v) is 13.7. The van der Waals surface area contributed by atoms with E-state index in [1.807, 2.05) is 51.1 Å². The van der Waals surface area contributed by atoms with Crippen molar-refractivity contribution in [1.29, 1.82) is 0 Å². The van der Waals surface area contributed by atoms with E-state index < -0.39 is 30.2 Å². The van der Waals surface area contributed by atoms with Crippen LogP contribution in [0.3, 0.4) is 0 Å². The first-order valence-corrected chi connectivity index (χ1v) is 16.7. The number of nitrogen functional groups attached to an aromatic ring is 1. The van der Waals surface area contributed by atoms with Gasteiger partial charge in [0, 0.05) is 32.3 Å². The zero-order valence-electron chi connectivity index (χ0n) is 26.8. The van der Waals surface area contributed by atoms with E-state index in [9.17, 15) is 24.6 Å². The molecule has 2 aromatic rings. The Morgan fingerprint density at radius 2 is 1.70 bits per heavy atom. The highest BCUT2D eigenvalue weighted by molar-refractivity contribution is 7.13. The summed E-state index contributed by atoms with van der Waals surface area (Å²) in [4.78, 5) is 48.2. The Morgan fingerprint density at radius 3 is 2.27 bits per heavy atom. The summed E-state index contributed by atoms with van der Waals surface area (Å²) in [5.74, 6) is -1.59. The molecule has 0 unspecified atom stereocenters. The number of carbonyl (C=O) groups excluding carboxylic acids is 3. The van der Waals surface area contributed by atoms with Crippen LogP contribution in [0.15, 0.2) is 35.7 Å². The van der Waals surface area contributed by atoms with Crippen molar-refractivity contribution in [2.24, 2.45) is 17.8 Å². The molecule has 1 fully saturated rings. The van der Waals surface area contributed by atoms with Crippen LogP contribution in [0.1, 0.15) is 83.0 Å². The van der Waals surface area contributed by atoms with Gasteiger partial charge in [0.05, 0.1) is 29.8 Å². The lowest BCUT2D eigenvalue weighted by Gasteiger charge is -2.37. The maximum atomic E-state index is 14.1. The highest BCUT2D eigenvalue weighted by atomic mass is 32.1. The van der Waals surface area contributed by atoms with Gasteiger partial charge in [-0.1, -0.05) is 63.4 Å². The normalized spacial score (nSPS) is 17.4. The van der Waals surface area contributed by atoms with E-state index in [2.05, 4.69) is 10.3 Å². The first-order chi connectivity index (χ1) is 20.9. The number of nitrogens with one attached hydrogen (secondary N) is 1. The van der Waals surface area contributed by atoms with Crippen molar-refractivity contribution in [3.63, 3.8) is 0 Å². The number of aromatic nitrogens is 1. The highest BCUT2D eigenvalue weighted by Gasteiger charge is 2.37. The first kappa shape index (κ1) is 35.5. The van der Waals surface area contributed by atoms with E-state index >= 15 is 0 Å². The number of aliphatic hydroxyl groups is 2. The second-order valence-electron chi connectivity index (χ2n) is 12.8. The van der Waals surface area contributed by atoms with Crippen LogP contribution in [0.5, 0.6) is 0 Å². The number of hydrogen-bond donors (Lipinski definition) is 4. The molecule has 10 nitrogen and oxygen atoms in total. The van der Waals surface area contributed by atoms with Crippen molar-refractivity contribution in [2.45, 2.75) is 96.4 Å². The van der Waals surface area contributed by atoms with Gasteiger partial charge in [-0.15, -0.1) is 11.3 Å². The monoisotopic (exact) mass is 629 g/mol. The molecule has 1 heterocycles. The van der Waals surface area contributed by atoms with E-state index in [0.717, 1.165) is 37.7 Å². The zero-order chi connectivity index (χ0) is 32.4. The lowest BCUT2D eigenvalue weighted by atomic mass is 9.79. The third kappa shape index (κ3) is 10.3. The van der Waals surface area contributed by atoms with E-state index in [-0.39, 0.29) is 48.9 Å². The summed E-state index contributed by atoms with van der Waals surface area (Å²) < 4.78 is 0. The summed E-state index contributed by atoms with van der Waals surface area (Å²) in [6.45, 7) is 5.70. The number of hydrogen-bond acceptors (Lipinski definition) is 8. The Hall–Kier alpha value is -3.02. The fraction of sp³-hybridized carbons (Fsp3) is 0.636. The van der Waals surface area contributed by atoms with Gasteiger partial charge in [0.15, 0.2) is 5.13 Å².